The Bertz CT molecular complexity index is 981. The van der Waals surface area contributed by atoms with Crippen LogP contribution in [-0.4, -0.2) is 45.1 Å². The van der Waals surface area contributed by atoms with E-state index in [1.54, 1.807) is 28.5 Å². The first kappa shape index (κ1) is 19.2. The first-order valence-corrected chi connectivity index (χ1v) is 11.2. The molecule has 1 saturated carbocycles. The minimum Gasteiger partial charge on any atom is -0.494 e. The molecule has 2 N–H and O–H groups in total. The molecule has 2 heterocycles. The monoisotopic (exact) mass is 425 g/mol. The molecule has 10 heteroatoms. The fourth-order valence-corrected chi connectivity index (χ4v) is 6.29. The molecule has 0 radical (unpaired) electrons. The van der Waals surface area contributed by atoms with E-state index in [4.69, 9.17) is 4.74 Å². The van der Waals surface area contributed by atoms with E-state index >= 15 is 0 Å². The number of carbonyl (C=O) groups excluding carboxylic acids is 1. The SMILES string of the molecule is COc1ccc(NC(=O)N2C[C@@H]3C[C@H](NS(=O)(=O)c4cccs4)[C@H]2C3)cc1F. The number of anilines is 1. The van der Waals surface area contributed by atoms with Gasteiger partial charge < -0.3 is 15.0 Å². The lowest BCUT2D eigenvalue weighted by Gasteiger charge is -2.33. The van der Waals surface area contributed by atoms with Crippen molar-refractivity contribution >= 4 is 33.1 Å². The highest BCUT2D eigenvalue weighted by Crippen LogP contribution is 2.39. The summed E-state index contributed by atoms with van der Waals surface area (Å²) in [6.45, 7) is 0.562. The Morgan fingerprint density at radius 1 is 1.32 bits per heavy atom. The van der Waals surface area contributed by atoms with E-state index in [-0.39, 0.29) is 34.0 Å². The van der Waals surface area contributed by atoms with Gasteiger partial charge in [0.15, 0.2) is 11.6 Å². The quantitative estimate of drug-likeness (QED) is 0.771. The molecule has 2 aliphatic rings. The van der Waals surface area contributed by atoms with Crippen LogP contribution in [0, 0.1) is 11.7 Å². The number of likely N-dealkylation sites (tertiary alicyclic amines) is 1. The smallest absolute Gasteiger partial charge is 0.322 e. The second-order valence-corrected chi connectivity index (χ2v) is 9.88. The lowest BCUT2D eigenvalue weighted by Crippen LogP contribution is -2.52. The highest BCUT2D eigenvalue weighted by Gasteiger charge is 2.48. The van der Waals surface area contributed by atoms with Gasteiger partial charge in [-0.25, -0.2) is 22.3 Å². The molecule has 7 nitrogen and oxygen atoms in total. The number of rotatable bonds is 5. The van der Waals surface area contributed by atoms with E-state index in [2.05, 4.69) is 10.0 Å². The second kappa shape index (κ2) is 7.34. The first-order valence-electron chi connectivity index (χ1n) is 8.84. The third-order valence-electron chi connectivity index (χ3n) is 5.21. The van der Waals surface area contributed by atoms with Crippen molar-refractivity contribution in [2.24, 2.45) is 5.92 Å². The number of amides is 2. The van der Waals surface area contributed by atoms with E-state index in [9.17, 15) is 17.6 Å². The van der Waals surface area contributed by atoms with Gasteiger partial charge in [-0.15, -0.1) is 11.3 Å². The molecule has 2 amide bonds. The average Bonchev–Trinajstić information content (AvgIpc) is 3.38. The highest BCUT2D eigenvalue weighted by atomic mass is 32.2. The third-order valence-corrected chi connectivity index (χ3v) is 8.10. The molecule has 1 aliphatic heterocycles. The van der Waals surface area contributed by atoms with Gasteiger partial charge in [-0.3, -0.25) is 0 Å². The van der Waals surface area contributed by atoms with Gasteiger partial charge in [-0.2, -0.15) is 0 Å². The number of methoxy groups -OCH3 is 1. The number of halogens is 1. The molecule has 2 fully saturated rings. The lowest BCUT2D eigenvalue weighted by atomic mass is 10.1. The summed E-state index contributed by atoms with van der Waals surface area (Å²) in [5.74, 6) is -0.217. The first-order chi connectivity index (χ1) is 13.4. The van der Waals surface area contributed by atoms with Gasteiger partial charge in [0.05, 0.1) is 13.2 Å². The number of hydrogen-bond donors (Lipinski definition) is 2. The van der Waals surface area contributed by atoms with Crippen molar-refractivity contribution in [2.45, 2.75) is 29.1 Å². The summed E-state index contributed by atoms with van der Waals surface area (Å²) in [5.41, 5.74) is 0.321. The van der Waals surface area contributed by atoms with Gasteiger partial charge in [0.25, 0.3) is 0 Å². The normalized spacial score (nSPS) is 23.8. The lowest BCUT2D eigenvalue weighted by molar-refractivity contribution is 0.183. The maximum atomic E-state index is 13.8. The van der Waals surface area contributed by atoms with Crippen molar-refractivity contribution in [1.82, 2.24) is 9.62 Å². The van der Waals surface area contributed by atoms with Crippen molar-refractivity contribution in [2.75, 3.05) is 19.0 Å². The van der Waals surface area contributed by atoms with E-state index in [1.807, 2.05) is 0 Å². The van der Waals surface area contributed by atoms with Crippen molar-refractivity contribution in [3.63, 3.8) is 0 Å². The molecule has 1 saturated heterocycles. The standard InChI is InChI=1S/C18H20FN3O4S2/c1-26-16-5-4-12(9-13(16)19)20-18(23)22-10-11-7-14(15(22)8-11)21-28(24,25)17-3-2-6-27-17/h2-6,9,11,14-15,21H,7-8,10H2,1H3,(H,20,23)/t11-,14+,15-/m1/s1. The molecule has 2 aromatic rings. The number of ether oxygens (including phenoxy) is 1. The Morgan fingerprint density at radius 2 is 2.14 bits per heavy atom. The molecule has 28 heavy (non-hydrogen) atoms. The zero-order valence-electron chi connectivity index (χ0n) is 15.1. The molecule has 1 aromatic heterocycles. The number of carbonyl (C=O) groups is 1. The Labute approximate surface area is 166 Å². The van der Waals surface area contributed by atoms with Crippen LogP contribution in [0.4, 0.5) is 14.9 Å². The number of urea groups is 1. The number of sulfonamides is 1. The van der Waals surface area contributed by atoms with Crippen LogP contribution in [0.5, 0.6) is 5.75 Å². The molecule has 1 aromatic carbocycles. The Morgan fingerprint density at radius 3 is 2.79 bits per heavy atom. The van der Waals surface area contributed by atoms with E-state index in [1.165, 1.54) is 19.2 Å². The number of benzene rings is 1. The number of hydrogen-bond acceptors (Lipinski definition) is 5. The van der Waals surface area contributed by atoms with Gasteiger partial charge in [0.2, 0.25) is 10.0 Å². The molecule has 4 rings (SSSR count). The molecular weight excluding hydrogens is 405 g/mol. The summed E-state index contributed by atoms with van der Waals surface area (Å²) >= 11 is 1.16. The number of nitrogens with one attached hydrogen (secondary N) is 2. The zero-order valence-corrected chi connectivity index (χ0v) is 16.7. The summed E-state index contributed by atoms with van der Waals surface area (Å²) in [5, 5.41) is 4.40. The summed E-state index contributed by atoms with van der Waals surface area (Å²) in [7, 11) is -2.23. The van der Waals surface area contributed by atoms with Crippen LogP contribution in [-0.2, 0) is 10.0 Å². The van der Waals surface area contributed by atoms with Gasteiger partial charge >= 0.3 is 6.03 Å². The topological polar surface area (TPSA) is 87.7 Å². The van der Waals surface area contributed by atoms with Crippen molar-refractivity contribution in [3.8, 4) is 5.75 Å². The summed E-state index contributed by atoms with van der Waals surface area (Å²) in [6.07, 6.45) is 1.46. The molecule has 150 valence electrons. The van der Waals surface area contributed by atoms with Crippen LogP contribution < -0.4 is 14.8 Å². The van der Waals surface area contributed by atoms with Crippen molar-refractivity contribution in [3.05, 3.63) is 41.5 Å². The fourth-order valence-electron chi connectivity index (χ4n) is 4.00. The Kier molecular flexibility index (Phi) is 5.02. The van der Waals surface area contributed by atoms with Crippen LogP contribution in [0.2, 0.25) is 0 Å². The number of thiophene rings is 1. The van der Waals surface area contributed by atoms with E-state index in [0.29, 0.717) is 18.7 Å². The van der Waals surface area contributed by atoms with Crippen molar-refractivity contribution < 1.29 is 22.3 Å². The summed E-state index contributed by atoms with van der Waals surface area (Å²) < 4.78 is 46.8. The van der Waals surface area contributed by atoms with Crippen LogP contribution in [0.1, 0.15) is 12.8 Å². The Balaban J connectivity index is 1.45. The largest absolute Gasteiger partial charge is 0.494 e. The zero-order chi connectivity index (χ0) is 19.9. The predicted molar refractivity (Wildman–Crippen MR) is 104 cm³/mol. The average molecular weight is 426 g/mol. The van der Waals surface area contributed by atoms with Crippen LogP contribution in [0.3, 0.4) is 0 Å². The van der Waals surface area contributed by atoms with Crippen LogP contribution in [0.15, 0.2) is 39.9 Å². The minimum absolute atomic E-state index is 0.0984. The second-order valence-electron chi connectivity index (χ2n) is 7.00. The molecule has 1 aliphatic carbocycles. The molecule has 3 atom stereocenters. The minimum atomic E-state index is -3.60. The van der Waals surface area contributed by atoms with Gasteiger partial charge in [-0.05, 0) is 42.3 Å². The maximum Gasteiger partial charge on any atom is 0.322 e. The number of nitrogens with zero attached hydrogens (tertiary/aromatic N) is 1. The van der Waals surface area contributed by atoms with E-state index in [0.717, 1.165) is 17.8 Å². The number of piperidine rings is 1. The van der Waals surface area contributed by atoms with E-state index < -0.39 is 15.8 Å². The predicted octanol–water partition coefficient (Wildman–Crippen LogP) is 2.87. The maximum absolute atomic E-state index is 13.8. The van der Waals surface area contributed by atoms with Gasteiger partial charge in [0, 0.05) is 24.3 Å². The summed E-state index contributed by atoms with van der Waals surface area (Å²) in [4.78, 5) is 14.3. The van der Waals surface area contributed by atoms with Gasteiger partial charge in [0.1, 0.15) is 4.21 Å². The highest BCUT2D eigenvalue weighted by molar-refractivity contribution is 7.91. The fraction of sp³-hybridized carbons (Fsp3) is 0.389. The van der Waals surface area contributed by atoms with Gasteiger partial charge in [-0.1, -0.05) is 6.07 Å². The Hall–Kier alpha value is -2.17. The number of fused-ring (bicyclic) bond motifs is 2. The third kappa shape index (κ3) is 3.59. The van der Waals surface area contributed by atoms with Crippen LogP contribution >= 0.6 is 11.3 Å². The van der Waals surface area contributed by atoms with Crippen LogP contribution in [0.25, 0.3) is 0 Å². The molecular formula is C18H20FN3O4S2. The molecule has 0 spiro atoms. The molecule has 0 unspecified atom stereocenters. The summed E-state index contributed by atoms with van der Waals surface area (Å²) in [6, 6.07) is 6.53. The van der Waals surface area contributed by atoms with Crippen molar-refractivity contribution in [1.29, 1.82) is 0 Å². The molecule has 2 bridgehead atoms.